The van der Waals surface area contributed by atoms with Gasteiger partial charge >= 0.3 is 171 Å². The van der Waals surface area contributed by atoms with Crippen LogP contribution in [0.2, 0.25) is 0 Å². The Labute approximate surface area is 171 Å². The van der Waals surface area contributed by atoms with E-state index in [0.29, 0.717) is 4.90 Å². The minimum atomic E-state index is -3.30. The molecule has 0 aliphatic carbocycles. The Morgan fingerprint density at radius 3 is 2.26 bits per heavy atom. The summed E-state index contributed by atoms with van der Waals surface area (Å²) < 4.78 is 28.1. The molecule has 0 bridgehead atoms. The van der Waals surface area contributed by atoms with Gasteiger partial charge in [-0.1, -0.05) is 0 Å². The van der Waals surface area contributed by atoms with Gasteiger partial charge in [0, 0.05) is 0 Å². The van der Waals surface area contributed by atoms with Gasteiger partial charge in [-0.15, -0.1) is 0 Å². The molecule has 2 rings (SSSR count). The Kier molecular flexibility index (Phi) is 9.33. The average Bonchev–Trinajstić information content (AvgIpc) is 2.65. The van der Waals surface area contributed by atoms with Gasteiger partial charge in [0.05, 0.1) is 0 Å². The zero-order chi connectivity index (χ0) is 19.5. The number of aryl methyl sites for hydroxylation is 1. The zero-order valence-electron chi connectivity index (χ0n) is 16.4. The standard InChI is InChI=1S/C23H30O2SSe/c1-3-4-5-6-7-9-14-23(27-22-12-10-8-11-13-22)19-26(24,25)21-17-15-20(2)16-18-21/h8,10-18H,3-7,9,19H2,1-2H3/b23-14-. The van der Waals surface area contributed by atoms with Crippen molar-refractivity contribution in [3.05, 3.63) is 70.7 Å². The monoisotopic (exact) mass is 450 g/mol. The number of unbranched alkanes of at least 4 members (excludes halogenated alkanes) is 5. The van der Waals surface area contributed by atoms with E-state index in [2.05, 4.69) is 25.1 Å². The van der Waals surface area contributed by atoms with Crippen LogP contribution < -0.4 is 4.46 Å². The van der Waals surface area contributed by atoms with Crippen molar-refractivity contribution in [2.24, 2.45) is 0 Å². The SMILES string of the molecule is CCCCCCC/C=C(/CS(=O)(=O)c1ccc(C)cc1)[Se]c1ccccc1. The van der Waals surface area contributed by atoms with Crippen molar-refractivity contribution in [2.45, 2.75) is 57.3 Å². The zero-order valence-corrected chi connectivity index (χ0v) is 18.9. The second-order valence-electron chi connectivity index (χ2n) is 6.86. The summed E-state index contributed by atoms with van der Waals surface area (Å²) in [4.78, 5) is 0.422. The third-order valence-electron chi connectivity index (χ3n) is 4.38. The number of hydrogen-bond acceptors (Lipinski definition) is 2. The molecule has 0 aliphatic rings. The Morgan fingerprint density at radius 2 is 1.59 bits per heavy atom. The first kappa shape index (κ1) is 21.9. The molecule has 0 aliphatic heterocycles. The van der Waals surface area contributed by atoms with Crippen molar-refractivity contribution in [3.63, 3.8) is 0 Å². The van der Waals surface area contributed by atoms with E-state index in [4.69, 9.17) is 0 Å². The van der Waals surface area contributed by atoms with Gasteiger partial charge in [-0.25, -0.2) is 0 Å². The molecule has 0 atom stereocenters. The van der Waals surface area contributed by atoms with Crippen LogP contribution in [0.3, 0.4) is 0 Å². The fraction of sp³-hybridized carbons (Fsp3) is 0.391. The van der Waals surface area contributed by atoms with E-state index in [-0.39, 0.29) is 20.7 Å². The maximum atomic E-state index is 12.9. The first-order chi connectivity index (χ1) is 13.0. The summed E-state index contributed by atoms with van der Waals surface area (Å²) in [5.41, 5.74) is 1.07. The van der Waals surface area contributed by atoms with Crippen LogP contribution >= 0.6 is 0 Å². The van der Waals surface area contributed by atoms with Crippen molar-refractivity contribution in [1.29, 1.82) is 0 Å². The van der Waals surface area contributed by atoms with Gasteiger partial charge in [0.2, 0.25) is 0 Å². The first-order valence-electron chi connectivity index (χ1n) is 9.72. The van der Waals surface area contributed by atoms with E-state index in [9.17, 15) is 8.42 Å². The third kappa shape index (κ3) is 8.04. The molecule has 27 heavy (non-hydrogen) atoms. The molecule has 2 nitrogen and oxygen atoms in total. The Hall–Kier alpha value is -1.35. The normalized spacial score (nSPS) is 12.3. The molecule has 0 unspecified atom stereocenters. The second kappa shape index (κ2) is 11.5. The minimum absolute atomic E-state index is 0.0441. The van der Waals surface area contributed by atoms with Crippen molar-refractivity contribution < 1.29 is 8.42 Å². The summed E-state index contributed by atoms with van der Waals surface area (Å²) in [6.07, 6.45) is 9.31. The number of benzene rings is 2. The van der Waals surface area contributed by atoms with E-state index in [1.165, 1.54) is 30.1 Å². The maximum absolute atomic E-state index is 12.9. The number of rotatable bonds is 11. The molecular formula is C23H30O2SSe. The first-order valence-corrected chi connectivity index (χ1v) is 13.1. The summed E-state index contributed by atoms with van der Waals surface area (Å²) in [7, 11) is -3.30. The Bertz CT molecular complexity index is 809. The molecule has 146 valence electrons. The van der Waals surface area contributed by atoms with Gasteiger partial charge in [0.25, 0.3) is 0 Å². The molecule has 0 heterocycles. The summed E-state index contributed by atoms with van der Waals surface area (Å²) in [5.74, 6) is 0.125. The molecular weight excluding hydrogens is 419 g/mol. The Balaban J connectivity index is 2.09. The number of allylic oxidation sites excluding steroid dienone is 1. The molecule has 0 saturated heterocycles. The van der Waals surface area contributed by atoms with Gasteiger partial charge < -0.3 is 0 Å². The third-order valence-corrected chi connectivity index (χ3v) is 8.75. The summed E-state index contributed by atoms with van der Waals surface area (Å²) in [6.45, 7) is 4.19. The number of sulfone groups is 1. The molecule has 0 N–H and O–H groups in total. The van der Waals surface area contributed by atoms with Gasteiger partial charge in [0.1, 0.15) is 0 Å². The average molecular weight is 450 g/mol. The summed E-state index contributed by atoms with van der Waals surface area (Å²) >= 11 is 0.0441. The fourth-order valence-electron chi connectivity index (χ4n) is 2.80. The topological polar surface area (TPSA) is 34.1 Å². The van der Waals surface area contributed by atoms with Crippen molar-refractivity contribution in [2.75, 3.05) is 5.75 Å². The van der Waals surface area contributed by atoms with Crippen LogP contribution in [0.4, 0.5) is 0 Å². The summed E-state index contributed by atoms with van der Waals surface area (Å²) in [6, 6.07) is 17.4. The van der Waals surface area contributed by atoms with E-state index >= 15 is 0 Å². The van der Waals surface area contributed by atoms with Crippen molar-refractivity contribution in [1.82, 2.24) is 0 Å². The van der Waals surface area contributed by atoms with E-state index in [1.54, 1.807) is 12.1 Å². The number of hydrogen-bond donors (Lipinski definition) is 0. The van der Waals surface area contributed by atoms with Crippen LogP contribution in [0, 0.1) is 6.92 Å². The molecule has 0 radical (unpaired) electrons. The second-order valence-corrected chi connectivity index (χ2v) is 11.4. The predicted octanol–water partition coefficient (Wildman–Crippen LogP) is 5.04. The van der Waals surface area contributed by atoms with Crippen LogP contribution in [0.15, 0.2) is 70.0 Å². The van der Waals surface area contributed by atoms with E-state index < -0.39 is 9.84 Å². The molecule has 4 heteroatoms. The predicted molar refractivity (Wildman–Crippen MR) is 117 cm³/mol. The summed E-state index contributed by atoms with van der Waals surface area (Å²) in [5, 5.41) is 0. The van der Waals surface area contributed by atoms with Gasteiger partial charge in [-0.3, -0.25) is 0 Å². The quantitative estimate of drug-likeness (QED) is 0.356. The molecule has 0 fully saturated rings. The molecule has 2 aromatic rings. The molecule has 0 amide bonds. The van der Waals surface area contributed by atoms with Crippen LogP contribution in [0.5, 0.6) is 0 Å². The fourth-order valence-corrected chi connectivity index (χ4v) is 7.09. The van der Waals surface area contributed by atoms with Gasteiger partial charge in [-0.05, 0) is 0 Å². The molecule has 0 aromatic heterocycles. The van der Waals surface area contributed by atoms with E-state index in [1.807, 2.05) is 37.3 Å². The molecule has 2 aromatic carbocycles. The van der Waals surface area contributed by atoms with Crippen LogP contribution in [0.25, 0.3) is 0 Å². The Morgan fingerprint density at radius 1 is 0.926 bits per heavy atom. The van der Waals surface area contributed by atoms with E-state index in [0.717, 1.165) is 22.9 Å². The van der Waals surface area contributed by atoms with Crippen LogP contribution in [-0.2, 0) is 9.84 Å². The van der Waals surface area contributed by atoms with Crippen molar-refractivity contribution >= 4 is 29.3 Å². The van der Waals surface area contributed by atoms with Gasteiger partial charge in [-0.2, -0.15) is 0 Å². The van der Waals surface area contributed by atoms with Crippen LogP contribution in [-0.4, -0.2) is 29.1 Å². The van der Waals surface area contributed by atoms with Crippen LogP contribution in [0.1, 0.15) is 51.0 Å². The van der Waals surface area contributed by atoms with Crippen molar-refractivity contribution in [3.8, 4) is 0 Å². The van der Waals surface area contributed by atoms with Gasteiger partial charge in [0.15, 0.2) is 0 Å². The molecule has 0 spiro atoms. The molecule has 0 saturated carbocycles.